The number of aliphatic hydroxyl groups is 1. The normalized spacial score (nSPS) is 11.1. The maximum atomic E-state index is 9.35. The van der Waals surface area contributed by atoms with Crippen molar-refractivity contribution in [2.75, 3.05) is 0 Å². The third kappa shape index (κ3) is 3.45. The molecule has 0 saturated carbocycles. The molecular weight excluding hydrogens is 380 g/mol. The molecule has 6 heteroatoms. The average molecular weight is 395 g/mol. The number of fused-ring (bicyclic) bond motifs is 1. The molecule has 0 aliphatic rings. The third-order valence-electron chi connectivity index (χ3n) is 3.99. The predicted molar refractivity (Wildman–Crippen MR) is 99.9 cm³/mol. The molecule has 2 heterocycles. The van der Waals surface area contributed by atoms with Crippen LogP contribution in [0.1, 0.15) is 11.1 Å². The van der Waals surface area contributed by atoms with Gasteiger partial charge in [-0.2, -0.15) is 0 Å². The van der Waals surface area contributed by atoms with Gasteiger partial charge in [0.05, 0.1) is 24.9 Å². The van der Waals surface area contributed by atoms with Gasteiger partial charge in [-0.05, 0) is 41.5 Å². The Kier molecular flexibility index (Phi) is 4.29. The van der Waals surface area contributed by atoms with Crippen LogP contribution in [-0.4, -0.2) is 25.1 Å². The molecule has 2 aromatic carbocycles. The van der Waals surface area contributed by atoms with Crippen LogP contribution in [0.25, 0.3) is 22.2 Å². The summed E-state index contributed by atoms with van der Waals surface area (Å²) in [4.78, 5) is 4.39. The zero-order valence-corrected chi connectivity index (χ0v) is 14.9. The highest BCUT2D eigenvalue weighted by atomic mass is 79.9. The minimum Gasteiger partial charge on any atom is -0.392 e. The molecule has 1 N–H and O–H groups in total. The lowest BCUT2D eigenvalue weighted by atomic mass is 10.1. The Morgan fingerprint density at radius 1 is 1.04 bits per heavy atom. The summed E-state index contributed by atoms with van der Waals surface area (Å²) in [6, 6.07) is 16.0. The Labute approximate surface area is 153 Å². The molecule has 124 valence electrons. The fourth-order valence-electron chi connectivity index (χ4n) is 2.79. The standard InChI is InChI=1S/C19H15BrN4O/c20-17-7-14(12-25)6-16(9-17)19-11-24(23-22-19)10-13-3-4-15-2-1-5-21-18(15)8-13/h1-9,11,25H,10,12H2. The Hall–Kier alpha value is -2.57. The Balaban J connectivity index is 1.61. The van der Waals surface area contributed by atoms with E-state index in [1.54, 1.807) is 10.9 Å². The quantitative estimate of drug-likeness (QED) is 0.571. The molecule has 0 fully saturated rings. The van der Waals surface area contributed by atoms with Gasteiger partial charge < -0.3 is 5.11 Å². The van der Waals surface area contributed by atoms with E-state index in [2.05, 4.69) is 49.4 Å². The van der Waals surface area contributed by atoms with E-state index in [1.807, 2.05) is 36.5 Å². The second-order valence-electron chi connectivity index (χ2n) is 5.84. The second kappa shape index (κ2) is 6.74. The molecule has 25 heavy (non-hydrogen) atoms. The van der Waals surface area contributed by atoms with Gasteiger partial charge in [-0.3, -0.25) is 4.98 Å². The number of aromatic nitrogens is 4. The van der Waals surface area contributed by atoms with Gasteiger partial charge in [0, 0.05) is 21.6 Å². The van der Waals surface area contributed by atoms with Crippen LogP contribution in [0.2, 0.25) is 0 Å². The topological polar surface area (TPSA) is 63.8 Å². The molecule has 0 atom stereocenters. The molecule has 0 radical (unpaired) electrons. The summed E-state index contributed by atoms with van der Waals surface area (Å²) in [6.07, 6.45) is 3.71. The van der Waals surface area contributed by atoms with E-state index in [-0.39, 0.29) is 6.61 Å². The number of rotatable bonds is 4. The van der Waals surface area contributed by atoms with E-state index >= 15 is 0 Å². The number of aliphatic hydroxyl groups excluding tert-OH is 1. The summed E-state index contributed by atoms with van der Waals surface area (Å²) >= 11 is 3.46. The second-order valence-corrected chi connectivity index (χ2v) is 6.75. The summed E-state index contributed by atoms with van der Waals surface area (Å²) in [5, 5.41) is 19.0. The van der Waals surface area contributed by atoms with Crippen LogP contribution in [0.4, 0.5) is 0 Å². The van der Waals surface area contributed by atoms with Gasteiger partial charge in [-0.1, -0.05) is 39.3 Å². The fourth-order valence-corrected chi connectivity index (χ4v) is 3.34. The SMILES string of the molecule is OCc1cc(Br)cc(-c2cn(Cc3ccc4cccnc4c3)nn2)c1. The molecule has 0 amide bonds. The molecule has 0 spiro atoms. The van der Waals surface area contributed by atoms with E-state index < -0.39 is 0 Å². The number of nitrogens with zero attached hydrogens (tertiary/aromatic N) is 4. The lowest BCUT2D eigenvalue weighted by molar-refractivity contribution is 0.282. The van der Waals surface area contributed by atoms with Crippen molar-refractivity contribution in [2.45, 2.75) is 13.2 Å². The van der Waals surface area contributed by atoms with Crippen LogP contribution in [0.5, 0.6) is 0 Å². The molecule has 0 bridgehead atoms. The Morgan fingerprint density at radius 2 is 1.96 bits per heavy atom. The van der Waals surface area contributed by atoms with Crippen molar-refractivity contribution in [1.82, 2.24) is 20.0 Å². The van der Waals surface area contributed by atoms with Crippen molar-refractivity contribution in [3.8, 4) is 11.3 Å². The highest BCUT2D eigenvalue weighted by molar-refractivity contribution is 9.10. The Morgan fingerprint density at radius 3 is 2.84 bits per heavy atom. The van der Waals surface area contributed by atoms with Crippen molar-refractivity contribution in [2.24, 2.45) is 0 Å². The molecule has 0 aliphatic heterocycles. The zero-order chi connectivity index (χ0) is 17.2. The molecular formula is C19H15BrN4O. The molecule has 4 aromatic rings. The van der Waals surface area contributed by atoms with Crippen molar-refractivity contribution >= 4 is 26.8 Å². The van der Waals surface area contributed by atoms with Crippen LogP contribution < -0.4 is 0 Å². The molecule has 5 nitrogen and oxygen atoms in total. The lowest BCUT2D eigenvalue weighted by Gasteiger charge is -2.03. The smallest absolute Gasteiger partial charge is 0.113 e. The van der Waals surface area contributed by atoms with E-state index in [0.717, 1.165) is 37.8 Å². The summed E-state index contributed by atoms with van der Waals surface area (Å²) < 4.78 is 2.71. The van der Waals surface area contributed by atoms with Gasteiger partial charge in [-0.25, -0.2) is 4.68 Å². The fraction of sp³-hybridized carbons (Fsp3) is 0.105. The van der Waals surface area contributed by atoms with Gasteiger partial charge in [-0.15, -0.1) is 5.10 Å². The van der Waals surface area contributed by atoms with E-state index in [1.165, 1.54) is 0 Å². The summed E-state index contributed by atoms with van der Waals surface area (Å²) in [5.41, 5.74) is 4.62. The van der Waals surface area contributed by atoms with Gasteiger partial charge in [0.2, 0.25) is 0 Å². The number of hydrogen-bond acceptors (Lipinski definition) is 4. The van der Waals surface area contributed by atoms with Gasteiger partial charge in [0.25, 0.3) is 0 Å². The minimum absolute atomic E-state index is 0.00926. The monoisotopic (exact) mass is 394 g/mol. The highest BCUT2D eigenvalue weighted by Crippen LogP contribution is 2.24. The first-order valence-electron chi connectivity index (χ1n) is 7.86. The molecule has 0 aliphatic carbocycles. The number of pyridine rings is 1. The maximum absolute atomic E-state index is 9.35. The number of benzene rings is 2. The van der Waals surface area contributed by atoms with Gasteiger partial charge in [0.15, 0.2) is 0 Å². The van der Waals surface area contributed by atoms with Crippen LogP contribution >= 0.6 is 15.9 Å². The van der Waals surface area contributed by atoms with E-state index in [0.29, 0.717) is 6.54 Å². The summed E-state index contributed by atoms with van der Waals surface area (Å²) in [6.45, 7) is 0.616. The van der Waals surface area contributed by atoms with Gasteiger partial charge in [0.1, 0.15) is 5.69 Å². The van der Waals surface area contributed by atoms with Crippen molar-refractivity contribution in [1.29, 1.82) is 0 Å². The number of hydrogen-bond donors (Lipinski definition) is 1. The molecule has 4 rings (SSSR count). The third-order valence-corrected chi connectivity index (χ3v) is 4.45. The summed E-state index contributed by atoms with van der Waals surface area (Å²) in [5.74, 6) is 0. The number of halogens is 1. The van der Waals surface area contributed by atoms with Crippen molar-refractivity contribution in [3.05, 3.63) is 76.5 Å². The first-order chi connectivity index (χ1) is 12.2. The van der Waals surface area contributed by atoms with Crippen molar-refractivity contribution < 1.29 is 5.11 Å². The first kappa shape index (κ1) is 15.9. The Bertz CT molecular complexity index is 1040. The van der Waals surface area contributed by atoms with Crippen LogP contribution in [0.3, 0.4) is 0 Å². The molecule has 2 aromatic heterocycles. The average Bonchev–Trinajstić information content (AvgIpc) is 3.09. The highest BCUT2D eigenvalue weighted by Gasteiger charge is 2.07. The first-order valence-corrected chi connectivity index (χ1v) is 8.65. The van der Waals surface area contributed by atoms with E-state index in [4.69, 9.17) is 0 Å². The molecule has 0 unspecified atom stereocenters. The maximum Gasteiger partial charge on any atom is 0.113 e. The van der Waals surface area contributed by atoms with Crippen molar-refractivity contribution in [3.63, 3.8) is 0 Å². The predicted octanol–water partition coefficient (Wildman–Crippen LogP) is 3.80. The molecule has 0 saturated heterocycles. The van der Waals surface area contributed by atoms with E-state index in [9.17, 15) is 5.11 Å². The van der Waals surface area contributed by atoms with Crippen LogP contribution in [0, 0.1) is 0 Å². The summed E-state index contributed by atoms with van der Waals surface area (Å²) in [7, 11) is 0. The van der Waals surface area contributed by atoms with Crippen LogP contribution in [0.15, 0.2) is 65.4 Å². The minimum atomic E-state index is -0.00926. The zero-order valence-electron chi connectivity index (χ0n) is 13.3. The van der Waals surface area contributed by atoms with Crippen LogP contribution in [-0.2, 0) is 13.2 Å². The lowest BCUT2D eigenvalue weighted by Crippen LogP contribution is -2.00. The van der Waals surface area contributed by atoms with Gasteiger partial charge >= 0.3 is 0 Å². The largest absolute Gasteiger partial charge is 0.392 e.